The highest BCUT2D eigenvalue weighted by atomic mass is 19.4. The van der Waals surface area contributed by atoms with Crippen LogP contribution in [0, 0.1) is 24.5 Å². The third kappa shape index (κ3) is 4.92. The topological polar surface area (TPSA) is 80.4 Å². The van der Waals surface area contributed by atoms with Gasteiger partial charge in [-0.15, -0.1) is 0 Å². The number of ether oxygens (including phenoxy) is 1. The van der Waals surface area contributed by atoms with Crippen LogP contribution in [0.1, 0.15) is 49.7 Å². The Morgan fingerprint density at radius 1 is 1.11 bits per heavy atom. The molecular weight excluding hydrogens is 624 g/mol. The summed E-state index contributed by atoms with van der Waals surface area (Å²) in [6.07, 6.45) is -3.32. The Bertz CT molecular complexity index is 1760. The molecule has 3 aromatic rings. The Morgan fingerprint density at radius 3 is 2.63 bits per heavy atom. The van der Waals surface area contributed by atoms with E-state index in [1.807, 2.05) is 4.90 Å². The largest absolute Gasteiger partial charge is 0.461 e. The summed E-state index contributed by atoms with van der Waals surface area (Å²) in [5, 5.41) is 0.0277. The van der Waals surface area contributed by atoms with E-state index in [2.05, 4.69) is 15.0 Å². The number of hydrogen-bond donors (Lipinski definition) is 1. The molecule has 246 valence electrons. The monoisotopic (exact) mass is 654 g/mol. The van der Waals surface area contributed by atoms with E-state index >= 15 is 4.39 Å². The maximum atomic E-state index is 16.5. The van der Waals surface area contributed by atoms with Gasteiger partial charge in [0, 0.05) is 36.3 Å². The standard InChI is InChI=1S/C31H30F8N6O/c1-14-20(31(37,38)39)17(9-19(40)21(14)32)24-23(34)25-18(11-41-24)28(45-8-3-2-5-16-22(33)26(16)45)43-29(42-25)46-13-30-6-4-7-44(30)12-15(10-30)27(35)36/h9,11,16,22,26H,2-8,10,12-13,40H2,1H3/t16-,22-,26-,30-/m0/s1. The van der Waals surface area contributed by atoms with Crippen molar-refractivity contribution in [3.63, 3.8) is 0 Å². The normalized spacial score (nSPS) is 26.3. The first-order valence-corrected chi connectivity index (χ1v) is 15.1. The van der Waals surface area contributed by atoms with Crippen molar-refractivity contribution in [1.29, 1.82) is 0 Å². The molecule has 4 fully saturated rings. The van der Waals surface area contributed by atoms with Gasteiger partial charge in [0.15, 0.2) is 5.82 Å². The highest BCUT2D eigenvalue weighted by Crippen LogP contribution is 2.49. The molecule has 2 aromatic heterocycles. The quantitative estimate of drug-likeness (QED) is 0.235. The van der Waals surface area contributed by atoms with Crippen molar-refractivity contribution in [3.8, 4) is 17.3 Å². The van der Waals surface area contributed by atoms with Gasteiger partial charge in [-0.1, -0.05) is 6.42 Å². The number of aromatic nitrogens is 3. The lowest BCUT2D eigenvalue weighted by Gasteiger charge is -2.31. The number of alkyl halides is 4. The SMILES string of the molecule is Cc1c(F)c(N)cc(-c2ncc3c(N4CCCC[C@H]5[C@H](F)[C@H]54)nc(OC[C@@]45CCCN4CC(=C(F)F)C5)nc3c2F)c1C(F)(F)F. The summed E-state index contributed by atoms with van der Waals surface area (Å²) in [5.41, 5.74) is 0.0791. The van der Waals surface area contributed by atoms with Crippen molar-refractivity contribution in [1.82, 2.24) is 19.9 Å². The number of pyridine rings is 1. The number of halogens is 8. The van der Waals surface area contributed by atoms with Gasteiger partial charge in [-0.05, 0) is 57.2 Å². The summed E-state index contributed by atoms with van der Waals surface area (Å²) in [6, 6.07) is -0.186. The molecule has 7 nitrogen and oxygen atoms in total. The van der Waals surface area contributed by atoms with Crippen molar-refractivity contribution in [2.45, 2.75) is 69.4 Å². The fourth-order valence-corrected chi connectivity index (χ4v) is 7.64. The van der Waals surface area contributed by atoms with Crippen molar-refractivity contribution in [3.05, 3.63) is 46.7 Å². The van der Waals surface area contributed by atoms with Crippen LogP contribution in [0.5, 0.6) is 6.01 Å². The summed E-state index contributed by atoms with van der Waals surface area (Å²) < 4.78 is 121. The van der Waals surface area contributed by atoms with Gasteiger partial charge in [0.05, 0.1) is 28.2 Å². The van der Waals surface area contributed by atoms with Gasteiger partial charge < -0.3 is 15.4 Å². The Morgan fingerprint density at radius 2 is 1.89 bits per heavy atom. The fourth-order valence-electron chi connectivity index (χ4n) is 7.64. The molecule has 1 aromatic carbocycles. The molecule has 3 saturated heterocycles. The lowest BCUT2D eigenvalue weighted by molar-refractivity contribution is -0.137. The van der Waals surface area contributed by atoms with E-state index in [9.17, 15) is 30.7 Å². The average Bonchev–Trinajstić information content (AvgIpc) is 3.33. The summed E-state index contributed by atoms with van der Waals surface area (Å²) in [6.45, 7) is 1.86. The van der Waals surface area contributed by atoms with Crippen LogP contribution in [-0.2, 0) is 6.18 Å². The first-order chi connectivity index (χ1) is 21.8. The van der Waals surface area contributed by atoms with Gasteiger partial charge in [0.1, 0.15) is 35.6 Å². The molecule has 2 N–H and O–H groups in total. The van der Waals surface area contributed by atoms with Crippen LogP contribution in [0.25, 0.3) is 22.2 Å². The first kappa shape index (κ1) is 30.9. The Kier molecular flexibility index (Phi) is 7.33. The van der Waals surface area contributed by atoms with Crippen LogP contribution < -0.4 is 15.4 Å². The fraction of sp³-hybridized carbons (Fsp3) is 0.516. The average molecular weight is 655 g/mol. The summed E-state index contributed by atoms with van der Waals surface area (Å²) >= 11 is 0. The number of benzene rings is 1. The van der Waals surface area contributed by atoms with Gasteiger partial charge >= 0.3 is 12.2 Å². The zero-order valence-corrected chi connectivity index (χ0v) is 24.7. The van der Waals surface area contributed by atoms with Gasteiger partial charge in [0.2, 0.25) is 0 Å². The molecule has 7 rings (SSSR count). The molecule has 46 heavy (non-hydrogen) atoms. The highest BCUT2D eigenvalue weighted by molar-refractivity contribution is 5.93. The molecule has 0 amide bonds. The second-order valence-electron chi connectivity index (χ2n) is 12.7. The second kappa shape index (κ2) is 10.9. The van der Waals surface area contributed by atoms with Gasteiger partial charge in [-0.3, -0.25) is 9.88 Å². The van der Waals surface area contributed by atoms with Crippen molar-refractivity contribution in [2.75, 3.05) is 36.9 Å². The molecule has 3 aliphatic heterocycles. The van der Waals surface area contributed by atoms with Crippen LogP contribution in [0.15, 0.2) is 23.9 Å². The first-order valence-electron chi connectivity index (χ1n) is 15.1. The predicted molar refractivity (Wildman–Crippen MR) is 153 cm³/mol. The van der Waals surface area contributed by atoms with Gasteiger partial charge in [-0.2, -0.15) is 31.9 Å². The lowest BCUT2D eigenvalue weighted by atomic mass is 9.94. The molecule has 4 aliphatic rings. The van der Waals surface area contributed by atoms with E-state index in [0.29, 0.717) is 38.4 Å². The third-order valence-electron chi connectivity index (χ3n) is 9.96. The van der Waals surface area contributed by atoms with Gasteiger partial charge in [-0.25, -0.2) is 13.2 Å². The molecule has 4 atom stereocenters. The smallest absolute Gasteiger partial charge is 0.417 e. The number of nitrogens with zero attached hydrogens (tertiary/aromatic N) is 5. The third-order valence-corrected chi connectivity index (χ3v) is 9.96. The Labute approximate surface area is 258 Å². The van der Waals surface area contributed by atoms with Crippen LogP contribution in [-0.4, -0.2) is 63.8 Å². The number of anilines is 2. The van der Waals surface area contributed by atoms with E-state index < -0.39 is 75.2 Å². The molecule has 5 heterocycles. The molecular formula is C31H30F8N6O. The minimum atomic E-state index is -5.08. The summed E-state index contributed by atoms with van der Waals surface area (Å²) in [7, 11) is 0. The van der Waals surface area contributed by atoms with Crippen molar-refractivity contribution >= 4 is 22.4 Å². The zero-order valence-electron chi connectivity index (χ0n) is 24.7. The summed E-state index contributed by atoms with van der Waals surface area (Å²) in [5.74, 6) is -2.68. The number of rotatable bonds is 5. The van der Waals surface area contributed by atoms with Crippen LogP contribution in [0.3, 0.4) is 0 Å². The molecule has 1 saturated carbocycles. The van der Waals surface area contributed by atoms with Gasteiger partial charge in [0.25, 0.3) is 6.08 Å². The van der Waals surface area contributed by atoms with Crippen LogP contribution >= 0.6 is 0 Å². The Hall–Kier alpha value is -3.75. The van der Waals surface area contributed by atoms with E-state index in [0.717, 1.165) is 26.0 Å². The van der Waals surface area contributed by atoms with Crippen LogP contribution in [0.4, 0.5) is 46.6 Å². The summed E-state index contributed by atoms with van der Waals surface area (Å²) in [4.78, 5) is 16.4. The minimum Gasteiger partial charge on any atom is -0.461 e. The highest BCUT2D eigenvalue weighted by Gasteiger charge is 2.56. The number of nitrogens with two attached hydrogens (primary N) is 1. The minimum absolute atomic E-state index is 0.0119. The predicted octanol–water partition coefficient (Wildman–Crippen LogP) is 6.97. The molecule has 1 aliphatic carbocycles. The number of nitrogen functional groups attached to an aromatic ring is 1. The molecule has 0 radical (unpaired) electrons. The maximum absolute atomic E-state index is 16.5. The second-order valence-corrected chi connectivity index (χ2v) is 12.7. The Balaban J connectivity index is 1.36. The van der Waals surface area contributed by atoms with Crippen molar-refractivity contribution in [2.24, 2.45) is 5.92 Å². The van der Waals surface area contributed by atoms with Crippen molar-refractivity contribution < 1.29 is 39.9 Å². The van der Waals surface area contributed by atoms with E-state index in [4.69, 9.17) is 10.5 Å². The number of fused-ring (bicyclic) bond motifs is 3. The number of hydrogen-bond acceptors (Lipinski definition) is 7. The van der Waals surface area contributed by atoms with E-state index in [-0.39, 0.29) is 48.3 Å². The molecule has 15 heteroatoms. The molecule has 0 bridgehead atoms. The molecule has 0 unspecified atom stereocenters. The van der Waals surface area contributed by atoms with E-state index in [1.165, 1.54) is 0 Å². The molecule has 0 spiro atoms. The zero-order chi connectivity index (χ0) is 32.7. The maximum Gasteiger partial charge on any atom is 0.417 e. The lowest BCUT2D eigenvalue weighted by Crippen LogP contribution is -2.43. The van der Waals surface area contributed by atoms with Crippen LogP contribution in [0.2, 0.25) is 0 Å². The van der Waals surface area contributed by atoms with E-state index in [1.54, 1.807) is 4.90 Å².